The topological polar surface area (TPSA) is 121 Å². The van der Waals surface area contributed by atoms with Gasteiger partial charge in [-0.3, -0.25) is 25.2 Å². The Balaban J connectivity index is 1.25. The summed E-state index contributed by atoms with van der Waals surface area (Å²) >= 11 is 0. The van der Waals surface area contributed by atoms with Crippen molar-refractivity contribution in [3.63, 3.8) is 0 Å². The second-order valence-corrected chi connectivity index (χ2v) is 11.2. The third kappa shape index (κ3) is 4.21. The summed E-state index contributed by atoms with van der Waals surface area (Å²) in [5.74, 6) is 0.794. The van der Waals surface area contributed by atoms with Gasteiger partial charge in [0.25, 0.3) is 11.8 Å². The Morgan fingerprint density at radius 2 is 1.47 bits per heavy atom. The monoisotopic (exact) mass is 433 g/mol. The van der Waals surface area contributed by atoms with Gasteiger partial charge in [0.15, 0.2) is 9.84 Å². The largest absolute Gasteiger partial charge is 0.346 e. The smallest absolute Gasteiger partial charge is 0.269 e. The molecule has 0 radical (unpaired) electrons. The molecule has 162 valence electrons. The minimum Gasteiger partial charge on any atom is -0.346 e. The second kappa shape index (κ2) is 7.68. The van der Waals surface area contributed by atoms with Gasteiger partial charge in [0.05, 0.1) is 11.4 Å². The van der Waals surface area contributed by atoms with Crippen molar-refractivity contribution < 1.29 is 22.8 Å². The highest BCUT2D eigenvalue weighted by molar-refractivity contribution is 7.90. The van der Waals surface area contributed by atoms with E-state index in [4.69, 9.17) is 0 Å². The van der Waals surface area contributed by atoms with Gasteiger partial charge >= 0.3 is 0 Å². The zero-order chi connectivity index (χ0) is 21.5. The Hall–Kier alpha value is -2.42. The predicted molar refractivity (Wildman–Crippen MR) is 109 cm³/mol. The highest BCUT2D eigenvalue weighted by Gasteiger charge is 2.54. The molecule has 0 spiro atoms. The fourth-order valence-corrected chi connectivity index (χ4v) is 6.46. The van der Waals surface area contributed by atoms with Crippen molar-refractivity contribution in [1.82, 2.24) is 16.2 Å². The number of benzene rings is 1. The van der Waals surface area contributed by atoms with Crippen molar-refractivity contribution in [1.29, 1.82) is 0 Å². The van der Waals surface area contributed by atoms with Gasteiger partial charge in [-0.25, -0.2) is 8.42 Å². The lowest BCUT2D eigenvalue weighted by Crippen LogP contribution is -2.55. The highest BCUT2D eigenvalue weighted by Crippen LogP contribution is 2.60. The molecule has 5 rings (SSSR count). The normalized spacial score (nSPS) is 29.3. The zero-order valence-electron chi connectivity index (χ0n) is 16.9. The number of carbonyl (C=O) groups is 3. The second-order valence-electron chi connectivity index (χ2n) is 9.18. The van der Waals surface area contributed by atoms with Gasteiger partial charge in [-0.05, 0) is 80.5 Å². The van der Waals surface area contributed by atoms with Crippen molar-refractivity contribution in [2.45, 2.75) is 43.4 Å². The minimum absolute atomic E-state index is 0.0422. The predicted octanol–water partition coefficient (Wildman–Crippen LogP) is 1.18. The van der Waals surface area contributed by atoms with Crippen molar-refractivity contribution in [3.8, 4) is 0 Å². The first kappa shape index (κ1) is 20.8. The first-order valence-electron chi connectivity index (χ1n) is 10.3. The summed E-state index contributed by atoms with van der Waals surface area (Å²) in [6.45, 7) is -0.201. The summed E-state index contributed by atoms with van der Waals surface area (Å²) in [6, 6.07) is 5.40. The lowest BCUT2D eigenvalue weighted by Gasteiger charge is -2.55. The molecule has 3 N–H and O–H groups in total. The van der Waals surface area contributed by atoms with Crippen LogP contribution in [0.15, 0.2) is 29.2 Å². The summed E-state index contributed by atoms with van der Waals surface area (Å²) < 4.78 is 22.9. The number of nitrogens with one attached hydrogen (secondary N) is 3. The van der Waals surface area contributed by atoms with E-state index in [1.807, 2.05) is 0 Å². The maximum Gasteiger partial charge on any atom is 0.269 e. The van der Waals surface area contributed by atoms with Gasteiger partial charge in [-0.2, -0.15) is 0 Å². The van der Waals surface area contributed by atoms with E-state index in [1.165, 1.54) is 43.5 Å². The summed E-state index contributed by atoms with van der Waals surface area (Å²) in [4.78, 5) is 37.1. The molecule has 0 atom stereocenters. The molecular formula is C21H27N3O5S. The van der Waals surface area contributed by atoms with E-state index in [0.29, 0.717) is 17.8 Å². The highest BCUT2D eigenvalue weighted by atomic mass is 32.2. The van der Waals surface area contributed by atoms with Crippen LogP contribution in [0.2, 0.25) is 0 Å². The Labute approximate surface area is 176 Å². The van der Waals surface area contributed by atoms with Gasteiger partial charge < -0.3 is 5.32 Å². The fourth-order valence-electron chi connectivity index (χ4n) is 5.83. The average molecular weight is 434 g/mol. The Kier molecular flexibility index (Phi) is 5.34. The van der Waals surface area contributed by atoms with Crippen LogP contribution >= 0.6 is 0 Å². The number of sulfone groups is 1. The lowest BCUT2D eigenvalue weighted by atomic mass is 9.49. The van der Waals surface area contributed by atoms with Crippen LogP contribution in [0.4, 0.5) is 0 Å². The summed E-state index contributed by atoms with van der Waals surface area (Å²) in [5.41, 5.74) is 4.45. The standard InChI is InChI=1S/C21H27N3O5S/c1-30(28,29)17-4-2-16(3-5-17)19(26)24-23-18(25)12-22-20(27)21-9-13-6-14(10-21)8-15(7-13)11-21/h2-5,13-15H,6-12H2,1H3,(H,22,27)(H,23,25)(H,24,26). The van der Waals surface area contributed by atoms with E-state index in [-0.39, 0.29) is 28.3 Å². The maximum absolute atomic E-state index is 12.8. The quantitative estimate of drug-likeness (QED) is 0.602. The number of rotatable bonds is 5. The molecule has 8 nitrogen and oxygen atoms in total. The lowest BCUT2D eigenvalue weighted by molar-refractivity contribution is -0.147. The molecule has 9 heteroatoms. The van der Waals surface area contributed by atoms with Crippen molar-refractivity contribution >= 4 is 27.6 Å². The SMILES string of the molecule is CS(=O)(=O)c1ccc(C(=O)NNC(=O)CNC(=O)C23CC4CC(CC(C4)C2)C3)cc1. The number of amides is 3. The molecule has 0 saturated heterocycles. The molecule has 4 bridgehead atoms. The number of hydrogen-bond acceptors (Lipinski definition) is 5. The van der Waals surface area contributed by atoms with Crippen LogP contribution in [-0.2, 0) is 19.4 Å². The number of hydrogen-bond donors (Lipinski definition) is 3. The van der Waals surface area contributed by atoms with Crippen LogP contribution in [0.3, 0.4) is 0 Å². The summed E-state index contributed by atoms with van der Waals surface area (Å²) in [7, 11) is -3.35. The molecule has 3 amide bonds. The third-order valence-corrected chi connectivity index (χ3v) is 7.92. The first-order valence-corrected chi connectivity index (χ1v) is 12.2. The van der Waals surface area contributed by atoms with Crippen LogP contribution < -0.4 is 16.2 Å². The molecule has 0 heterocycles. The zero-order valence-corrected chi connectivity index (χ0v) is 17.8. The van der Waals surface area contributed by atoms with Crippen molar-refractivity contribution in [2.24, 2.45) is 23.2 Å². The van der Waals surface area contributed by atoms with Gasteiger partial charge in [-0.1, -0.05) is 0 Å². The van der Waals surface area contributed by atoms with Crippen LogP contribution in [0.5, 0.6) is 0 Å². The van der Waals surface area contributed by atoms with Gasteiger partial charge in [-0.15, -0.1) is 0 Å². The molecule has 1 aromatic rings. The van der Waals surface area contributed by atoms with E-state index < -0.39 is 21.7 Å². The van der Waals surface area contributed by atoms with Crippen molar-refractivity contribution in [2.75, 3.05) is 12.8 Å². The molecule has 4 saturated carbocycles. The van der Waals surface area contributed by atoms with Crippen molar-refractivity contribution in [3.05, 3.63) is 29.8 Å². The van der Waals surface area contributed by atoms with E-state index in [9.17, 15) is 22.8 Å². The average Bonchev–Trinajstić information content (AvgIpc) is 2.68. The minimum atomic E-state index is -3.35. The Morgan fingerprint density at radius 1 is 0.933 bits per heavy atom. The fraction of sp³-hybridized carbons (Fsp3) is 0.571. The first-order chi connectivity index (χ1) is 14.1. The Morgan fingerprint density at radius 3 is 1.97 bits per heavy atom. The molecule has 4 fully saturated rings. The Bertz CT molecular complexity index is 936. The maximum atomic E-state index is 12.8. The van der Waals surface area contributed by atoms with Crippen LogP contribution in [0.25, 0.3) is 0 Å². The molecule has 30 heavy (non-hydrogen) atoms. The molecule has 0 unspecified atom stereocenters. The number of carbonyl (C=O) groups excluding carboxylic acids is 3. The van der Waals surface area contributed by atoms with Crippen LogP contribution in [-0.4, -0.2) is 38.9 Å². The van der Waals surface area contributed by atoms with E-state index in [1.54, 1.807) is 0 Å². The molecule has 0 aliphatic heterocycles. The molecule has 1 aromatic carbocycles. The van der Waals surface area contributed by atoms with Gasteiger partial charge in [0, 0.05) is 17.2 Å². The molecular weight excluding hydrogens is 406 g/mol. The molecule has 4 aliphatic rings. The van der Waals surface area contributed by atoms with Crippen LogP contribution in [0.1, 0.15) is 48.9 Å². The summed E-state index contributed by atoms with van der Waals surface area (Å²) in [6.07, 6.45) is 7.57. The molecule has 4 aliphatic carbocycles. The van der Waals surface area contributed by atoms with E-state index in [2.05, 4.69) is 16.2 Å². The summed E-state index contributed by atoms with van der Waals surface area (Å²) in [5, 5.41) is 2.76. The number of hydrazine groups is 1. The molecule has 0 aromatic heterocycles. The van der Waals surface area contributed by atoms with E-state index >= 15 is 0 Å². The third-order valence-electron chi connectivity index (χ3n) is 6.79. The van der Waals surface area contributed by atoms with E-state index in [0.717, 1.165) is 25.5 Å². The van der Waals surface area contributed by atoms with Crippen LogP contribution in [0, 0.1) is 23.2 Å². The van der Waals surface area contributed by atoms with Gasteiger partial charge in [0.1, 0.15) is 0 Å². The van der Waals surface area contributed by atoms with Gasteiger partial charge in [0.2, 0.25) is 5.91 Å².